The highest BCUT2D eigenvalue weighted by molar-refractivity contribution is 5.96. The molecule has 0 aliphatic carbocycles. The van der Waals surface area contributed by atoms with Crippen LogP contribution in [-0.2, 0) is 4.79 Å². The number of amides is 1. The third-order valence-electron chi connectivity index (χ3n) is 2.64. The Morgan fingerprint density at radius 2 is 1.94 bits per heavy atom. The summed E-state index contributed by atoms with van der Waals surface area (Å²) in [5, 5.41) is 11.4. The van der Waals surface area contributed by atoms with Gasteiger partial charge in [-0.2, -0.15) is 0 Å². The first kappa shape index (κ1) is 14.2. The number of hydrogen-bond donors (Lipinski definition) is 2. The lowest BCUT2D eigenvalue weighted by Crippen LogP contribution is -2.44. The van der Waals surface area contributed by atoms with Crippen LogP contribution in [0, 0.1) is 18.7 Å². The van der Waals surface area contributed by atoms with E-state index >= 15 is 0 Å². The largest absolute Gasteiger partial charge is 0.480 e. The van der Waals surface area contributed by atoms with Crippen LogP contribution >= 0.6 is 0 Å². The predicted octanol–water partition coefficient (Wildman–Crippen LogP) is 1.97. The van der Waals surface area contributed by atoms with Gasteiger partial charge in [0.2, 0.25) is 0 Å². The van der Waals surface area contributed by atoms with Crippen LogP contribution in [0.15, 0.2) is 18.2 Å². The number of hydrogen-bond acceptors (Lipinski definition) is 2. The zero-order valence-electron chi connectivity index (χ0n) is 10.5. The van der Waals surface area contributed by atoms with Crippen molar-refractivity contribution in [2.45, 2.75) is 26.8 Å². The molecule has 0 radical (unpaired) electrons. The van der Waals surface area contributed by atoms with Crippen LogP contribution < -0.4 is 5.32 Å². The zero-order chi connectivity index (χ0) is 13.9. The molecule has 0 aliphatic rings. The molecule has 0 aliphatic heterocycles. The molecule has 4 nitrogen and oxygen atoms in total. The number of carbonyl (C=O) groups is 2. The lowest BCUT2D eigenvalue weighted by atomic mass is 10.0. The number of aryl methyl sites for hydroxylation is 1. The van der Waals surface area contributed by atoms with Gasteiger partial charge in [-0.3, -0.25) is 4.79 Å². The Hall–Kier alpha value is -1.91. The van der Waals surface area contributed by atoms with Gasteiger partial charge in [0.1, 0.15) is 11.9 Å². The normalized spacial score (nSPS) is 12.3. The van der Waals surface area contributed by atoms with Gasteiger partial charge in [-0.05, 0) is 36.6 Å². The first-order valence-electron chi connectivity index (χ1n) is 5.62. The molecule has 1 unspecified atom stereocenters. The molecule has 1 aromatic rings. The van der Waals surface area contributed by atoms with Crippen molar-refractivity contribution in [1.82, 2.24) is 5.32 Å². The fourth-order valence-corrected chi connectivity index (χ4v) is 1.52. The van der Waals surface area contributed by atoms with Crippen LogP contribution in [0.1, 0.15) is 29.8 Å². The van der Waals surface area contributed by atoms with Gasteiger partial charge in [0.05, 0.1) is 0 Å². The highest BCUT2D eigenvalue weighted by Crippen LogP contribution is 2.10. The summed E-state index contributed by atoms with van der Waals surface area (Å²) in [4.78, 5) is 22.8. The predicted molar refractivity (Wildman–Crippen MR) is 64.9 cm³/mol. The van der Waals surface area contributed by atoms with Gasteiger partial charge in [-0.1, -0.05) is 13.8 Å². The lowest BCUT2D eigenvalue weighted by Gasteiger charge is -2.18. The Morgan fingerprint density at radius 3 is 2.39 bits per heavy atom. The van der Waals surface area contributed by atoms with Crippen molar-refractivity contribution >= 4 is 11.9 Å². The summed E-state index contributed by atoms with van der Waals surface area (Å²) in [6.07, 6.45) is 0. The Bertz CT molecular complexity index is 471. The third kappa shape index (κ3) is 3.29. The van der Waals surface area contributed by atoms with Crippen molar-refractivity contribution in [3.63, 3.8) is 0 Å². The van der Waals surface area contributed by atoms with Crippen LogP contribution in [0.4, 0.5) is 4.39 Å². The summed E-state index contributed by atoms with van der Waals surface area (Å²) >= 11 is 0. The second kappa shape index (κ2) is 5.62. The van der Waals surface area contributed by atoms with Gasteiger partial charge in [-0.25, -0.2) is 9.18 Å². The van der Waals surface area contributed by atoms with Crippen molar-refractivity contribution < 1.29 is 19.1 Å². The van der Waals surface area contributed by atoms with Gasteiger partial charge in [0.25, 0.3) is 5.91 Å². The summed E-state index contributed by atoms with van der Waals surface area (Å²) in [5.41, 5.74) is 0.597. The number of carbonyl (C=O) groups excluding carboxylic acids is 1. The van der Waals surface area contributed by atoms with E-state index in [1.54, 1.807) is 20.8 Å². The number of benzene rings is 1. The van der Waals surface area contributed by atoms with Gasteiger partial charge < -0.3 is 10.4 Å². The third-order valence-corrected chi connectivity index (χ3v) is 2.64. The summed E-state index contributed by atoms with van der Waals surface area (Å²) in [6, 6.07) is 2.96. The van der Waals surface area contributed by atoms with Crippen LogP contribution in [-0.4, -0.2) is 23.0 Å². The zero-order valence-corrected chi connectivity index (χ0v) is 10.5. The summed E-state index contributed by atoms with van der Waals surface area (Å²) < 4.78 is 13.1. The van der Waals surface area contributed by atoms with Crippen molar-refractivity contribution in [3.8, 4) is 0 Å². The lowest BCUT2D eigenvalue weighted by molar-refractivity contribution is -0.140. The van der Waals surface area contributed by atoms with Crippen LogP contribution in [0.25, 0.3) is 0 Å². The molecular weight excluding hydrogens is 237 g/mol. The standard InChI is InChI=1S/C13H16FNO3/c1-7(2)11(13(17)18)15-12(16)9-4-5-10(14)8(3)6-9/h4-7,11H,1-3H3,(H,15,16)(H,17,18). The molecule has 1 amide bonds. The molecule has 1 aromatic carbocycles. The molecule has 2 N–H and O–H groups in total. The fraction of sp³-hybridized carbons (Fsp3) is 0.385. The van der Waals surface area contributed by atoms with Crippen LogP contribution in [0.5, 0.6) is 0 Å². The SMILES string of the molecule is Cc1cc(C(=O)NC(C(=O)O)C(C)C)ccc1F. The minimum Gasteiger partial charge on any atom is -0.480 e. The van der Waals surface area contributed by atoms with E-state index in [0.29, 0.717) is 5.56 Å². The summed E-state index contributed by atoms with van der Waals surface area (Å²) in [7, 11) is 0. The Morgan fingerprint density at radius 1 is 1.33 bits per heavy atom. The molecule has 5 heteroatoms. The van der Waals surface area contributed by atoms with E-state index < -0.39 is 23.7 Å². The molecule has 18 heavy (non-hydrogen) atoms. The number of halogens is 1. The number of aliphatic carboxylic acids is 1. The van der Waals surface area contributed by atoms with E-state index in [0.717, 1.165) is 0 Å². The van der Waals surface area contributed by atoms with Crippen molar-refractivity contribution in [1.29, 1.82) is 0 Å². The highest BCUT2D eigenvalue weighted by Gasteiger charge is 2.24. The molecule has 1 atom stereocenters. The number of carboxylic acid groups (broad SMARTS) is 1. The molecule has 0 aromatic heterocycles. The average molecular weight is 253 g/mol. The molecule has 0 heterocycles. The molecule has 0 fully saturated rings. The van der Waals surface area contributed by atoms with Crippen LogP contribution in [0.3, 0.4) is 0 Å². The molecule has 0 spiro atoms. The quantitative estimate of drug-likeness (QED) is 0.862. The summed E-state index contributed by atoms with van der Waals surface area (Å²) in [6.45, 7) is 4.95. The first-order valence-corrected chi connectivity index (χ1v) is 5.62. The van der Waals surface area contributed by atoms with E-state index in [1.165, 1.54) is 18.2 Å². The average Bonchev–Trinajstić information content (AvgIpc) is 2.28. The first-order chi connectivity index (χ1) is 8.32. The molecule has 0 bridgehead atoms. The molecule has 0 saturated carbocycles. The topological polar surface area (TPSA) is 66.4 Å². The molecule has 1 rings (SSSR count). The van der Waals surface area contributed by atoms with Gasteiger partial charge >= 0.3 is 5.97 Å². The number of carboxylic acids is 1. The monoisotopic (exact) mass is 253 g/mol. The van der Waals surface area contributed by atoms with E-state index in [2.05, 4.69) is 5.32 Å². The second-order valence-electron chi connectivity index (χ2n) is 4.50. The van der Waals surface area contributed by atoms with Gasteiger partial charge in [0, 0.05) is 5.56 Å². The smallest absolute Gasteiger partial charge is 0.326 e. The molecule has 0 saturated heterocycles. The Kier molecular flexibility index (Phi) is 4.42. The Labute approximate surface area is 105 Å². The van der Waals surface area contributed by atoms with Crippen LogP contribution in [0.2, 0.25) is 0 Å². The minimum absolute atomic E-state index is 0.229. The highest BCUT2D eigenvalue weighted by atomic mass is 19.1. The maximum atomic E-state index is 13.1. The maximum Gasteiger partial charge on any atom is 0.326 e. The maximum absolute atomic E-state index is 13.1. The van der Waals surface area contributed by atoms with Gasteiger partial charge in [0.15, 0.2) is 0 Å². The van der Waals surface area contributed by atoms with E-state index in [-0.39, 0.29) is 11.5 Å². The molecule has 98 valence electrons. The van der Waals surface area contributed by atoms with E-state index in [9.17, 15) is 14.0 Å². The van der Waals surface area contributed by atoms with E-state index in [1.807, 2.05) is 0 Å². The van der Waals surface area contributed by atoms with Crippen molar-refractivity contribution in [2.75, 3.05) is 0 Å². The molecular formula is C13H16FNO3. The minimum atomic E-state index is -1.09. The number of rotatable bonds is 4. The van der Waals surface area contributed by atoms with Gasteiger partial charge in [-0.15, -0.1) is 0 Å². The van der Waals surface area contributed by atoms with Crippen molar-refractivity contribution in [2.24, 2.45) is 5.92 Å². The second-order valence-corrected chi connectivity index (χ2v) is 4.50. The van der Waals surface area contributed by atoms with E-state index in [4.69, 9.17) is 5.11 Å². The fourth-order valence-electron chi connectivity index (χ4n) is 1.52. The number of nitrogens with one attached hydrogen (secondary N) is 1. The van der Waals surface area contributed by atoms with Crippen molar-refractivity contribution in [3.05, 3.63) is 35.1 Å². The Balaban J connectivity index is 2.87. The summed E-state index contributed by atoms with van der Waals surface area (Å²) in [5.74, 6) is -2.23.